The second-order valence-electron chi connectivity index (χ2n) is 4.07. The van der Waals surface area contributed by atoms with Crippen molar-refractivity contribution in [2.75, 3.05) is 6.26 Å². The maximum Gasteiger partial charge on any atom is 0.165 e. The predicted molar refractivity (Wildman–Crippen MR) is 68.3 cm³/mol. The Hall–Kier alpha value is -0.390. The Morgan fingerprint density at radius 3 is 2.12 bits per heavy atom. The average molecular weight is 307 g/mol. The maximum atomic E-state index is 11.5. The summed E-state index contributed by atoms with van der Waals surface area (Å²) in [7, 11) is -3.39. The molecule has 5 heteroatoms. The van der Waals surface area contributed by atoms with Crippen LogP contribution in [0.1, 0.15) is 24.2 Å². The van der Waals surface area contributed by atoms with E-state index in [9.17, 15) is 13.5 Å². The van der Waals surface area contributed by atoms with Gasteiger partial charge in [0.1, 0.15) is 6.10 Å². The zero-order valence-electron chi connectivity index (χ0n) is 9.44. The largest absolute Gasteiger partial charge is 0.386 e. The first kappa shape index (κ1) is 13.7. The standard InChI is InChI=1S/C11H15BrO3S/c1-8-4-6-9(7-5-8)10(13)11(2,12)16(3,14)15/h4-7,10,13H,1-3H3/t10-,11+/m1/s1. The number of benzene rings is 1. The lowest BCUT2D eigenvalue weighted by molar-refractivity contribution is 0.168. The van der Waals surface area contributed by atoms with Crippen molar-refractivity contribution in [2.45, 2.75) is 23.6 Å². The smallest absolute Gasteiger partial charge is 0.165 e. The Kier molecular flexibility index (Phi) is 3.82. The van der Waals surface area contributed by atoms with Crippen molar-refractivity contribution in [1.29, 1.82) is 0 Å². The van der Waals surface area contributed by atoms with Gasteiger partial charge in [0.25, 0.3) is 0 Å². The van der Waals surface area contributed by atoms with Crippen molar-refractivity contribution < 1.29 is 13.5 Å². The number of alkyl halides is 1. The first-order valence-electron chi connectivity index (χ1n) is 4.79. The van der Waals surface area contributed by atoms with Crippen molar-refractivity contribution >= 4 is 25.8 Å². The summed E-state index contributed by atoms with van der Waals surface area (Å²) in [6.07, 6.45) is 0.00204. The van der Waals surface area contributed by atoms with Gasteiger partial charge in [0.2, 0.25) is 0 Å². The van der Waals surface area contributed by atoms with Gasteiger partial charge >= 0.3 is 0 Å². The molecule has 0 saturated carbocycles. The molecule has 16 heavy (non-hydrogen) atoms. The summed E-state index contributed by atoms with van der Waals surface area (Å²) < 4.78 is 21.7. The second-order valence-corrected chi connectivity index (χ2v) is 8.64. The molecule has 0 heterocycles. The van der Waals surface area contributed by atoms with E-state index in [1.165, 1.54) is 6.92 Å². The van der Waals surface area contributed by atoms with E-state index in [4.69, 9.17) is 0 Å². The fourth-order valence-corrected chi connectivity index (χ4v) is 2.06. The molecule has 90 valence electrons. The summed E-state index contributed by atoms with van der Waals surface area (Å²) in [6.45, 7) is 3.38. The molecule has 0 aliphatic heterocycles. The zero-order chi connectivity index (χ0) is 12.6. The summed E-state index contributed by atoms with van der Waals surface area (Å²) >= 11 is 3.09. The van der Waals surface area contributed by atoms with Crippen molar-refractivity contribution in [3.05, 3.63) is 35.4 Å². The number of hydrogen-bond acceptors (Lipinski definition) is 3. The number of aliphatic hydroxyl groups excluding tert-OH is 1. The number of halogens is 1. The number of rotatable bonds is 3. The van der Waals surface area contributed by atoms with Gasteiger partial charge in [-0.15, -0.1) is 0 Å². The molecule has 0 unspecified atom stereocenters. The van der Waals surface area contributed by atoms with Crippen LogP contribution < -0.4 is 0 Å². The van der Waals surface area contributed by atoms with Gasteiger partial charge < -0.3 is 5.11 Å². The molecule has 0 bridgehead atoms. The van der Waals surface area contributed by atoms with Gasteiger partial charge in [-0.2, -0.15) is 0 Å². The highest BCUT2D eigenvalue weighted by Crippen LogP contribution is 2.37. The van der Waals surface area contributed by atoms with E-state index in [0.717, 1.165) is 11.8 Å². The van der Waals surface area contributed by atoms with Crippen LogP contribution in [0, 0.1) is 6.92 Å². The molecule has 1 aromatic rings. The van der Waals surface area contributed by atoms with Gasteiger partial charge in [0, 0.05) is 6.26 Å². The molecule has 2 atom stereocenters. The maximum absolute atomic E-state index is 11.5. The second kappa shape index (κ2) is 4.47. The first-order valence-corrected chi connectivity index (χ1v) is 7.48. The Balaban J connectivity index is 3.12. The Labute approximate surface area is 105 Å². The van der Waals surface area contributed by atoms with E-state index in [1.807, 2.05) is 19.1 Å². The average Bonchev–Trinajstić information content (AvgIpc) is 2.16. The molecule has 1 aromatic carbocycles. The molecular formula is C11H15BrO3S. The van der Waals surface area contributed by atoms with Crippen molar-refractivity contribution in [2.24, 2.45) is 0 Å². The summed E-state index contributed by atoms with van der Waals surface area (Å²) in [4.78, 5) is 0. The molecule has 0 saturated heterocycles. The normalized spacial score (nSPS) is 17.8. The van der Waals surface area contributed by atoms with Crippen LogP contribution in [0.4, 0.5) is 0 Å². The van der Waals surface area contributed by atoms with Gasteiger partial charge in [0.05, 0.1) is 0 Å². The molecule has 1 rings (SSSR count). The molecule has 1 N–H and O–H groups in total. The monoisotopic (exact) mass is 306 g/mol. The molecule has 0 fully saturated rings. The molecule has 0 aliphatic rings. The molecule has 0 radical (unpaired) electrons. The van der Waals surface area contributed by atoms with Crippen LogP contribution in [-0.4, -0.2) is 23.4 Å². The van der Waals surface area contributed by atoms with Crippen LogP contribution in [0.2, 0.25) is 0 Å². The minimum Gasteiger partial charge on any atom is -0.386 e. The first-order chi connectivity index (χ1) is 7.16. The molecule has 0 spiro atoms. The number of sulfone groups is 1. The van der Waals surface area contributed by atoms with E-state index in [1.54, 1.807) is 12.1 Å². The molecule has 0 aliphatic carbocycles. The van der Waals surface area contributed by atoms with Gasteiger partial charge in [-0.05, 0) is 19.4 Å². The van der Waals surface area contributed by atoms with Crippen LogP contribution in [-0.2, 0) is 9.84 Å². The topological polar surface area (TPSA) is 54.4 Å². The third kappa shape index (κ3) is 2.64. The predicted octanol–water partition coefficient (Wildman–Crippen LogP) is 2.18. The fraction of sp³-hybridized carbons (Fsp3) is 0.455. The van der Waals surface area contributed by atoms with E-state index in [-0.39, 0.29) is 0 Å². The Bertz CT molecular complexity index is 463. The van der Waals surface area contributed by atoms with E-state index in [0.29, 0.717) is 5.56 Å². The van der Waals surface area contributed by atoms with Crippen molar-refractivity contribution in [3.63, 3.8) is 0 Å². The molecule has 3 nitrogen and oxygen atoms in total. The highest BCUT2D eigenvalue weighted by Gasteiger charge is 2.41. The van der Waals surface area contributed by atoms with Crippen molar-refractivity contribution in [1.82, 2.24) is 0 Å². The summed E-state index contributed by atoms with van der Waals surface area (Å²) in [5, 5.41) is 10.0. The summed E-state index contributed by atoms with van der Waals surface area (Å²) in [6, 6.07) is 7.13. The SMILES string of the molecule is Cc1ccc([C@@H](O)[C@@](C)(Br)S(C)(=O)=O)cc1. The minimum absolute atomic E-state index is 0.579. The Morgan fingerprint density at radius 1 is 1.31 bits per heavy atom. The lowest BCUT2D eigenvalue weighted by atomic mass is 10.1. The molecular weight excluding hydrogens is 292 g/mol. The fourth-order valence-electron chi connectivity index (χ4n) is 1.25. The van der Waals surface area contributed by atoms with E-state index >= 15 is 0 Å². The highest BCUT2D eigenvalue weighted by molar-refractivity contribution is 9.11. The quantitative estimate of drug-likeness (QED) is 0.871. The summed E-state index contributed by atoms with van der Waals surface area (Å²) in [5.74, 6) is 0. The molecule has 0 amide bonds. The number of aliphatic hydroxyl groups is 1. The Morgan fingerprint density at radius 2 is 1.75 bits per heavy atom. The number of hydrogen-bond donors (Lipinski definition) is 1. The van der Waals surface area contributed by atoms with Gasteiger partial charge in [-0.1, -0.05) is 45.8 Å². The van der Waals surface area contributed by atoms with Crippen molar-refractivity contribution in [3.8, 4) is 0 Å². The zero-order valence-corrected chi connectivity index (χ0v) is 11.8. The van der Waals surface area contributed by atoms with Crippen LogP contribution in [0.25, 0.3) is 0 Å². The van der Waals surface area contributed by atoms with Crippen LogP contribution in [0.3, 0.4) is 0 Å². The van der Waals surface area contributed by atoms with E-state index in [2.05, 4.69) is 15.9 Å². The lowest BCUT2D eigenvalue weighted by Crippen LogP contribution is -2.34. The van der Waals surface area contributed by atoms with Gasteiger partial charge in [-0.3, -0.25) is 0 Å². The van der Waals surface area contributed by atoms with Crippen LogP contribution in [0.15, 0.2) is 24.3 Å². The van der Waals surface area contributed by atoms with Crippen LogP contribution >= 0.6 is 15.9 Å². The third-order valence-electron chi connectivity index (χ3n) is 2.61. The van der Waals surface area contributed by atoms with Crippen LogP contribution in [0.5, 0.6) is 0 Å². The van der Waals surface area contributed by atoms with Gasteiger partial charge in [-0.25, -0.2) is 8.42 Å². The summed E-state index contributed by atoms with van der Waals surface area (Å²) in [5.41, 5.74) is 1.64. The minimum atomic E-state index is -3.39. The van der Waals surface area contributed by atoms with Gasteiger partial charge in [0.15, 0.2) is 13.5 Å². The lowest BCUT2D eigenvalue weighted by Gasteiger charge is -2.26. The van der Waals surface area contributed by atoms with E-state index < -0.39 is 19.6 Å². The highest BCUT2D eigenvalue weighted by atomic mass is 79.9. The number of aryl methyl sites for hydroxylation is 1. The third-order valence-corrected chi connectivity index (χ3v) is 6.48. The molecule has 0 aromatic heterocycles.